The minimum absolute atomic E-state index is 0.958. The van der Waals surface area contributed by atoms with Gasteiger partial charge in [0.25, 0.3) is 0 Å². The number of rotatable bonds is 1. The second kappa shape index (κ2) is 5.21. The van der Waals surface area contributed by atoms with Crippen molar-refractivity contribution in [3.8, 4) is 0 Å². The van der Waals surface area contributed by atoms with Crippen LogP contribution in [0.15, 0.2) is 17.1 Å². The molecular formula is C14H23N3. The molecule has 0 spiro atoms. The Kier molecular flexibility index (Phi) is 4.16. The molecule has 1 aromatic rings. The first-order chi connectivity index (χ1) is 7.82. The standard InChI is InChI=1S/C14H23N3/c1-10-8-11(2)13(12(3)9-10)15-14(16(4)5)17(6)7/h8-9H,1-7H3. The zero-order chi connectivity index (χ0) is 13.2. The minimum atomic E-state index is 0.958. The minimum Gasteiger partial charge on any atom is -0.349 e. The Labute approximate surface area is 105 Å². The van der Waals surface area contributed by atoms with Gasteiger partial charge in [-0.3, -0.25) is 0 Å². The number of guanidine groups is 1. The predicted octanol–water partition coefficient (Wildman–Crippen LogP) is 2.72. The fourth-order valence-electron chi connectivity index (χ4n) is 2.05. The number of benzene rings is 1. The van der Waals surface area contributed by atoms with Crippen LogP contribution in [0.3, 0.4) is 0 Å². The Bertz CT molecular complexity index is 398. The molecule has 0 saturated heterocycles. The van der Waals surface area contributed by atoms with Crippen molar-refractivity contribution in [1.82, 2.24) is 9.80 Å². The molecule has 94 valence electrons. The lowest BCUT2D eigenvalue weighted by molar-refractivity contribution is 0.484. The van der Waals surface area contributed by atoms with Crippen LogP contribution in [-0.4, -0.2) is 44.0 Å². The molecule has 0 bridgehead atoms. The molecule has 0 radical (unpaired) electrons. The smallest absolute Gasteiger partial charge is 0.200 e. The first-order valence-electron chi connectivity index (χ1n) is 5.84. The van der Waals surface area contributed by atoms with Gasteiger partial charge in [0.1, 0.15) is 0 Å². The first-order valence-corrected chi connectivity index (χ1v) is 5.84. The van der Waals surface area contributed by atoms with E-state index in [2.05, 4.69) is 32.9 Å². The highest BCUT2D eigenvalue weighted by Crippen LogP contribution is 2.25. The summed E-state index contributed by atoms with van der Waals surface area (Å²) in [6, 6.07) is 4.35. The Morgan fingerprint density at radius 1 is 0.882 bits per heavy atom. The van der Waals surface area contributed by atoms with Gasteiger partial charge in [-0.25, -0.2) is 4.99 Å². The first kappa shape index (κ1) is 13.6. The lowest BCUT2D eigenvalue weighted by Crippen LogP contribution is -2.35. The Morgan fingerprint density at radius 3 is 1.65 bits per heavy atom. The summed E-state index contributed by atoms with van der Waals surface area (Å²) in [5.41, 5.74) is 4.82. The van der Waals surface area contributed by atoms with Crippen molar-refractivity contribution in [3.05, 3.63) is 28.8 Å². The zero-order valence-electron chi connectivity index (χ0n) is 12.0. The van der Waals surface area contributed by atoms with Gasteiger partial charge in [0.15, 0.2) is 0 Å². The topological polar surface area (TPSA) is 18.8 Å². The summed E-state index contributed by atoms with van der Waals surface area (Å²) in [5, 5.41) is 0. The summed E-state index contributed by atoms with van der Waals surface area (Å²) in [6.07, 6.45) is 0. The Morgan fingerprint density at radius 2 is 1.29 bits per heavy atom. The van der Waals surface area contributed by atoms with Crippen LogP contribution in [0, 0.1) is 20.8 Å². The van der Waals surface area contributed by atoms with Crippen LogP contribution in [0.5, 0.6) is 0 Å². The highest BCUT2D eigenvalue weighted by Gasteiger charge is 2.08. The third kappa shape index (κ3) is 3.22. The van der Waals surface area contributed by atoms with Gasteiger partial charge < -0.3 is 9.80 Å². The number of nitrogens with zero attached hydrogens (tertiary/aromatic N) is 3. The van der Waals surface area contributed by atoms with E-state index in [1.807, 2.05) is 38.0 Å². The van der Waals surface area contributed by atoms with E-state index in [1.165, 1.54) is 16.7 Å². The highest BCUT2D eigenvalue weighted by molar-refractivity contribution is 5.83. The van der Waals surface area contributed by atoms with E-state index in [1.54, 1.807) is 0 Å². The normalized spacial score (nSPS) is 10.1. The average Bonchev–Trinajstić information content (AvgIpc) is 2.14. The van der Waals surface area contributed by atoms with Gasteiger partial charge in [-0.2, -0.15) is 0 Å². The molecule has 0 N–H and O–H groups in total. The monoisotopic (exact) mass is 233 g/mol. The summed E-state index contributed by atoms with van der Waals surface area (Å²) >= 11 is 0. The number of aliphatic imine (C=N–C) groups is 1. The number of hydrogen-bond donors (Lipinski definition) is 0. The fourth-order valence-corrected chi connectivity index (χ4v) is 2.05. The van der Waals surface area contributed by atoms with Crippen LogP contribution in [0.4, 0.5) is 5.69 Å². The molecule has 0 saturated carbocycles. The molecular weight excluding hydrogens is 210 g/mol. The lowest BCUT2D eigenvalue weighted by Gasteiger charge is -2.23. The summed E-state index contributed by atoms with van der Waals surface area (Å²) in [4.78, 5) is 8.82. The van der Waals surface area contributed by atoms with Crippen molar-refractivity contribution >= 4 is 11.6 Å². The maximum absolute atomic E-state index is 4.77. The van der Waals surface area contributed by atoms with Gasteiger partial charge in [-0.1, -0.05) is 17.7 Å². The Balaban J connectivity index is 3.29. The zero-order valence-corrected chi connectivity index (χ0v) is 12.0. The molecule has 1 rings (SSSR count). The molecule has 1 aromatic carbocycles. The van der Waals surface area contributed by atoms with Crippen LogP contribution >= 0.6 is 0 Å². The van der Waals surface area contributed by atoms with Crippen molar-refractivity contribution < 1.29 is 0 Å². The van der Waals surface area contributed by atoms with Gasteiger partial charge in [0.2, 0.25) is 5.96 Å². The average molecular weight is 233 g/mol. The van der Waals surface area contributed by atoms with E-state index in [0.29, 0.717) is 0 Å². The van der Waals surface area contributed by atoms with Crippen LogP contribution < -0.4 is 0 Å². The lowest BCUT2D eigenvalue weighted by atomic mass is 10.1. The molecule has 0 aromatic heterocycles. The van der Waals surface area contributed by atoms with E-state index in [-0.39, 0.29) is 0 Å². The molecule has 0 aliphatic heterocycles. The van der Waals surface area contributed by atoms with E-state index in [4.69, 9.17) is 4.99 Å². The molecule has 0 aliphatic carbocycles. The summed E-state index contributed by atoms with van der Waals surface area (Å²) in [6.45, 7) is 6.34. The molecule has 0 atom stereocenters. The number of hydrogen-bond acceptors (Lipinski definition) is 1. The Hall–Kier alpha value is -1.51. The van der Waals surface area contributed by atoms with Crippen molar-refractivity contribution in [2.45, 2.75) is 20.8 Å². The van der Waals surface area contributed by atoms with E-state index >= 15 is 0 Å². The van der Waals surface area contributed by atoms with Gasteiger partial charge in [0.05, 0.1) is 5.69 Å². The molecule has 0 aliphatic rings. The van der Waals surface area contributed by atoms with Crippen molar-refractivity contribution in [1.29, 1.82) is 0 Å². The third-order valence-electron chi connectivity index (χ3n) is 2.65. The summed E-state index contributed by atoms with van der Waals surface area (Å²) in [7, 11) is 8.05. The molecule has 3 nitrogen and oxygen atoms in total. The third-order valence-corrected chi connectivity index (χ3v) is 2.65. The molecule has 0 heterocycles. The van der Waals surface area contributed by atoms with E-state index in [0.717, 1.165) is 11.6 Å². The van der Waals surface area contributed by atoms with Crippen LogP contribution in [0.2, 0.25) is 0 Å². The predicted molar refractivity (Wildman–Crippen MR) is 75.1 cm³/mol. The second-order valence-electron chi connectivity index (χ2n) is 4.95. The van der Waals surface area contributed by atoms with Crippen LogP contribution in [0.1, 0.15) is 16.7 Å². The van der Waals surface area contributed by atoms with Crippen molar-refractivity contribution in [2.75, 3.05) is 28.2 Å². The molecule has 0 amide bonds. The quantitative estimate of drug-likeness (QED) is 0.548. The number of aryl methyl sites for hydroxylation is 3. The van der Waals surface area contributed by atoms with Gasteiger partial charge in [-0.05, 0) is 31.9 Å². The van der Waals surface area contributed by atoms with E-state index < -0.39 is 0 Å². The highest BCUT2D eigenvalue weighted by atomic mass is 15.3. The molecule has 0 unspecified atom stereocenters. The fraction of sp³-hybridized carbons (Fsp3) is 0.500. The maximum Gasteiger partial charge on any atom is 0.200 e. The van der Waals surface area contributed by atoms with Gasteiger partial charge in [-0.15, -0.1) is 0 Å². The SMILES string of the molecule is Cc1cc(C)c(N=C(N(C)C)N(C)C)c(C)c1. The molecule has 17 heavy (non-hydrogen) atoms. The van der Waals surface area contributed by atoms with Gasteiger partial charge in [0, 0.05) is 28.2 Å². The van der Waals surface area contributed by atoms with Crippen molar-refractivity contribution in [3.63, 3.8) is 0 Å². The summed E-state index contributed by atoms with van der Waals surface area (Å²) < 4.78 is 0. The van der Waals surface area contributed by atoms with Gasteiger partial charge >= 0.3 is 0 Å². The van der Waals surface area contributed by atoms with Crippen molar-refractivity contribution in [2.24, 2.45) is 4.99 Å². The largest absolute Gasteiger partial charge is 0.349 e. The van der Waals surface area contributed by atoms with Crippen LogP contribution in [0.25, 0.3) is 0 Å². The second-order valence-corrected chi connectivity index (χ2v) is 4.95. The molecule has 3 heteroatoms. The maximum atomic E-state index is 4.77. The van der Waals surface area contributed by atoms with Crippen LogP contribution in [-0.2, 0) is 0 Å². The summed E-state index contributed by atoms with van der Waals surface area (Å²) in [5.74, 6) is 0.958. The van der Waals surface area contributed by atoms with E-state index in [9.17, 15) is 0 Å². The molecule has 0 fully saturated rings.